The average molecular weight is 905 g/mol. The topological polar surface area (TPSA) is 46.7 Å². The largest absolute Gasteiger partial charge is 0.509 e. The Hall–Kier alpha value is -5.06. The summed E-state index contributed by atoms with van der Waals surface area (Å²) < 4.78 is 15.2. The maximum Gasteiger partial charge on any atom is 0.135 e. The van der Waals surface area contributed by atoms with Gasteiger partial charge in [0, 0.05) is 66.9 Å². The molecule has 1 aliphatic rings. The van der Waals surface area contributed by atoms with Crippen LogP contribution in [0.5, 0.6) is 11.5 Å². The zero-order chi connectivity index (χ0) is 37.7. The molecule has 0 bridgehead atoms. The molecule has 0 aliphatic carbocycles. The minimum absolute atomic E-state index is 0. The maximum absolute atomic E-state index is 6.61. The van der Waals surface area contributed by atoms with Crippen molar-refractivity contribution in [3.05, 3.63) is 139 Å². The Morgan fingerprint density at radius 3 is 1.98 bits per heavy atom. The van der Waals surface area contributed by atoms with E-state index in [2.05, 4.69) is 162 Å². The van der Waals surface area contributed by atoms with Crippen LogP contribution in [0, 0.1) is 18.8 Å². The molecule has 0 saturated heterocycles. The summed E-state index contributed by atoms with van der Waals surface area (Å²) in [5.74, 6) is 1.96. The quantitative estimate of drug-likeness (QED) is 0.161. The average Bonchev–Trinajstić information content (AvgIpc) is 3.81. The van der Waals surface area contributed by atoms with Gasteiger partial charge in [0.05, 0.1) is 0 Å². The Labute approximate surface area is 338 Å². The zero-order valence-corrected chi connectivity index (χ0v) is 35.1. The minimum Gasteiger partial charge on any atom is -0.509 e. The molecule has 8 aromatic rings. The summed E-state index contributed by atoms with van der Waals surface area (Å²) in [5.41, 5.74) is 11.5. The van der Waals surface area contributed by atoms with Crippen LogP contribution in [0.2, 0.25) is 0 Å². The second-order valence-corrected chi connectivity index (χ2v) is 17.6. The Bertz CT molecular complexity index is 2670. The van der Waals surface area contributed by atoms with Crippen LogP contribution in [0.4, 0.5) is 22.7 Å². The Balaban J connectivity index is 0.00000427. The van der Waals surface area contributed by atoms with Crippen LogP contribution in [-0.2, 0) is 37.3 Å². The van der Waals surface area contributed by atoms with E-state index >= 15 is 0 Å². The van der Waals surface area contributed by atoms with Gasteiger partial charge in [-0.15, -0.1) is 36.6 Å². The smallest absolute Gasteiger partial charge is 0.135 e. The van der Waals surface area contributed by atoms with E-state index in [0.29, 0.717) is 11.5 Å². The second kappa shape index (κ2) is 13.0. The molecule has 6 nitrogen and oxygen atoms in total. The zero-order valence-electron chi connectivity index (χ0n) is 32.8. The summed E-state index contributed by atoms with van der Waals surface area (Å²) in [4.78, 5) is 9.31. The molecule has 0 atom stereocenters. The van der Waals surface area contributed by atoms with E-state index in [0.717, 1.165) is 61.5 Å². The molecule has 1 aliphatic heterocycles. The van der Waals surface area contributed by atoms with Gasteiger partial charge in [0.1, 0.15) is 11.4 Å². The number of hydrogen-bond donors (Lipinski definition) is 0. The van der Waals surface area contributed by atoms with Crippen LogP contribution < -0.4 is 14.5 Å². The van der Waals surface area contributed by atoms with Crippen molar-refractivity contribution in [3.8, 4) is 17.3 Å². The molecule has 0 radical (unpaired) electrons. The Morgan fingerprint density at radius 2 is 1.29 bits per heavy atom. The first kappa shape index (κ1) is 36.9. The maximum atomic E-state index is 6.61. The van der Waals surface area contributed by atoms with Crippen LogP contribution in [0.15, 0.2) is 108 Å². The van der Waals surface area contributed by atoms with Crippen molar-refractivity contribution in [1.29, 1.82) is 0 Å². The first-order chi connectivity index (χ1) is 25.6. The molecule has 0 amide bonds. The van der Waals surface area contributed by atoms with E-state index in [1.165, 1.54) is 16.7 Å². The molecule has 3 aromatic heterocycles. The number of pyridine rings is 1. The van der Waals surface area contributed by atoms with Crippen LogP contribution in [0.25, 0.3) is 38.8 Å². The van der Waals surface area contributed by atoms with Gasteiger partial charge in [-0.1, -0.05) is 104 Å². The molecule has 4 heterocycles. The number of rotatable bonds is 5. The van der Waals surface area contributed by atoms with Crippen molar-refractivity contribution in [2.24, 2.45) is 0 Å². The fourth-order valence-corrected chi connectivity index (χ4v) is 7.47. The number of anilines is 4. The number of hydrogen-bond acceptors (Lipinski definition) is 5. The molecule has 282 valence electrons. The Morgan fingerprint density at radius 1 is 0.618 bits per heavy atom. The van der Waals surface area contributed by atoms with Gasteiger partial charge in [-0.2, -0.15) is 6.07 Å². The Kier molecular flexibility index (Phi) is 8.73. The standard InChI is InChI=1S/C48H45N4O2.Pt/c1-46(2,3)30-20-21-49-43(25-30)52-39-18-13-19-41-44(39)45-40(52)27-36(28-42(45)54-41)53-35-15-12-14-33(26-35)50-29-51(38-17-11-10-16-37(38)50)34-23-31(47(4,5)6)22-32(24-34)48(7,8)9;/h10-25,28-29H,1-9H3;/q-3;. The fourth-order valence-electron chi connectivity index (χ4n) is 7.47. The minimum atomic E-state index is -0.0259. The molecular weight excluding hydrogens is 860 g/mol. The summed E-state index contributed by atoms with van der Waals surface area (Å²) in [6.45, 7) is 22.5. The van der Waals surface area contributed by atoms with Gasteiger partial charge in [-0.05, 0) is 86.9 Å². The first-order valence-electron chi connectivity index (χ1n) is 18.7. The van der Waals surface area contributed by atoms with Crippen molar-refractivity contribution in [2.45, 2.75) is 78.6 Å². The number of benzene rings is 5. The number of nitrogens with zero attached hydrogens (tertiary/aromatic N) is 4. The van der Waals surface area contributed by atoms with E-state index in [1.807, 2.05) is 36.5 Å². The number of aromatic nitrogens is 2. The molecule has 0 saturated carbocycles. The summed E-state index contributed by atoms with van der Waals surface area (Å²) in [6.07, 6.45) is 1.89. The predicted molar refractivity (Wildman–Crippen MR) is 221 cm³/mol. The summed E-state index contributed by atoms with van der Waals surface area (Å²) in [5, 5.41) is 2.08. The van der Waals surface area contributed by atoms with Crippen molar-refractivity contribution in [1.82, 2.24) is 9.55 Å². The number of furan rings is 1. The predicted octanol–water partition coefficient (Wildman–Crippen LogP) is 13.1. The van der Waals surface area contributed by atoms with Crippen LogP contribution >= 0.6 is 0 Å². The third-order valence-corrected chi connectivity index (χ3v) is 10.6. The van der Waals surface area contributed by atoms with Crippen molar-refractivity contribution in [3.63, 3.8) is 0 Å². The van der Waals surface area contributed by atoms with E-state index in [9.17, 15) is 0 Å². The molecule has 0 unspecified atom stereocenters. The molecule has 0 fully saturated rings. The number of ether oxygens (including phenoxy) is 1. The van der Waals surface area contributed by atoms with Gasteiger partial charge in [-0.3, -0.25) is 0 Å². The summed E-state index contributed by atoms with van der Waals surface area (Å²) >= 11 is 0. The number of para-hydroxylation sites is 2. The van der Waals surface area contributed by atoms with Gasteiger partial charge in [0.25, 0.3) is 0 Å². The summed E-state index contributed by atoms with van der Waals surface area (Å²) in [7, 11) is 0. The van der Waals surface area contributed by atoms with Gasteiger partial charge in [-0.25, -0.2) is 4.98 Å². The van der Waals surface area contributed by atoms with E-state index in [4.69, 9.17) is 14.1 Å². The van der Waals surface area contributed by atoms with Crippen LogP contribution in [-0.4, -0.2) is 9.55 Å². The normalized spacial score (nSPS) is 13.6. The third-order valence-electron chi connectivity index (χ3n) is 10.6. The molecule has 55 heavy (non-hydrogen) atoms. The molecular formula is C48H45N4O2Pt-3. The monoisotopic (exact) mass is 904 g/mol. The van der Waals surface area contributed by atoms with Crippen molar-refractivity contribution < 1.29 is 30.2 Å². The fraction of sp³-hybridized carbons (Fsp3) is 0.250. The third kappa shape index (κ3) is 6.39. The van der Waals surface area contributed by atoms with Crippen molar-refractivity contribution in [2.75, 3.05) is 9.80 Å². The van der Waals surface area contributed by atoms with E-state index in [1.54, 1.807) is 0 Å². The summed E-state index contributed by atoms with van der Waals surface area (Å²) in [6, 6.07) is 41.1. The number of fused-ring (bicyclic) bond motifs is 1. The molecule has 5 aromatic carbocycles. The molecule has 7 heteroatoms. The van der Waals surface area contributed by atoms with Gasteiger partial charge in [0.2, 0.25) is 0 Å². The van der Waals surface area contributed by atoms with Gasteiger partial charge in [0.15, 0.2) is 0 Å². The second-order valence-electron chi connectivity index (χ2n) is 17.6. The molecule has 0 spiro atoms. The SMILES string of the molecule is CC(C)(C)c1cc(N2[CH-]N(c3[c-]c(Oc4[c-]c5c6c(c4)oc4cccc(c46)n5-c4cc(C(C)(C)C)ccn4)ccc3)c3ccccc32)cc(C(C)(C)C)c1.[Pt]. The van der Waals surface area contributed by atoms with Crippen molar-refractivity contribution >= 4 is 55.7 Å². The van der Waals surface area contributed by atoms with Gasteiger partial charge < -0.3 is 23.5 Å². The van der Waals surface area contributed by atoms with Crippen LogP contribution in [0.1, 0.15) is 79.0 Å². The van der Waals surface area contributed by atoms with E-state index in [-0.39, 0.29) is 37.3 Å². The van der Waals surface area contributed by atoms with E-state index < -0.39 is 0 Å². The van der Waals surface area contributed by atoms with Crippen LogP contribution in [0.3, 0.4) is 0 Å². The van der Waals surface area contributed by atoms with Gasteiger partial charge >= 0.3 is 0 Å². The molecule has 0 N–H and O–H groups in total. The molecule has 9 rings (SSSR count). The first-order valence-corrected chi connectivity index (χ1v) is 18.7.